The SMILES string of the molecule is Cc1cccc(N2C(=O)C(Nc3cccc(C(F)(F)F)c3)=C(c3ccc(Cl)cc3)C2=O)c1. The van der Waals surface area contributed by atoms with Crippen molar-refractivity contribution in [1.29, 1.82) is 0 Å². The summed E-state index contributed by atoms with van der Waals surface area (Å²) in [6, 6.07) is 17.6. The Bertz CT molecular complexity index is 1250. The predicted octanol–water partition coefficient (Wildman–Crippen LogP) is 6.06. The number of benzene rings is 3. The van der Waals surface area contributed by atoms with Gasteiger partial charge in [0, 0.05) is 10.7 Å². The van der Waals surface area contributed by atoms with E-state index < -0.39 is 23.6 Å². The van der Waals surface area contributed by atoms with Gasteiger partial charge in [-0.15, -0.1) is 0 Å². The molecule has 0 aromatic heterocycles. The summed E-state index contributed by atoms with van der Waals surface area (Å²) in [6.07, 6.45) is -4.55. The second-order valence-corrected chi connectivity index (χ2v) is 7.68. The molecule has 0 radical (unpaired) electrons. The second kappa shape index (κ2) is 8.16. The maximum atomic E-state index is 13.3. The zero-order valence-corrected chi connectivity index (χ0v) is 17.5. The van der Waals surface area contributed by atoms with Crippen LogP contribution in [-0.4, -0.2) is 11.8 Å². The minimum atomic E-state index is -4.55. The zero-order chi connectivity index (χ0) is 23.0. The summed E-state index contributed by atoms with van der Waals surface area (Å²) in [5.74, 6) is -1.25. The Morgan fingerprint density at radius 3 is 2.22 bits per heavy atom. The summed E-state index contributed by atoms with van der Waals surface area (Å²) in [5, 5.41) is 3.18. The number of carbonyl (C=O) groups excluding carboxylic acids is 2. The van der Waals surface area contributed by atoms with Gasteiger partial charge in [-0.1, -0.05) is 41.9 Å². The maximum Gasteiger partial charge on any atom is 0.416 e. The van der Waals surface area contributed by atoms with Crippen molar-refractivity contribution in [3.63, 3.8) is 0 Å². The molecule has 2 amide bonds. The number of halogens is 4. The van der Waals surface area contributed by atoms with Crippen molar-refractivity contribution >= 4 is 40.4 Å². The third-order valence-corrected chi connectivity index (χ3v) is 5.19. The number of aryl methyl sites for hydroxylation is 1. The molecule has 0 unspecified atom stereocenters. The highest BCUT2D eigenvalue weighted by Crippen LogP contribution is 2.36. The van der Waals surface area contributed by atoms with Crippen LogP contribution in [0.25, 0.3) is 5.57 Å². The van der Waals surface area contributed by atoms with E-state index in [1.165, 1.54) is 12.1 Å². The van der Waals surface area contributed by atoms with Gasteiger partial charge in [0.1, 0.15) is 5.70 Å². The Morgan fingerprint density at radius 2 is 1.56 bits per heavy atom. The van der Waals surface area contributed by atoms with Gasteiger partial charge in [0.2, 0.25) is 0 Å². The van der Waals surface area contributed by atoms with Crippen LogP contribution in [0.3, 0.4) is 0 Å². The summed E-state index contributed by atoms with van der Waals surface area (Å²) in [4.78, 5) is 27.6. The molecule has 8 heteroatoms. The minimum absolute atomic E-state index is 0.0357. The molecule has 0 spiro atoms. The molecule has 0 saturated heterocycles. The Balaban J connectivity index is 1.82. The lowest BCUT2D eigenvalue weighted by atomic mass is 10.0. The summed E-state index contributed by atoms with van der Waals surface area (Å²) < 4.78 is 39.4. The van der Waals surface area contributed by atoms with Crippen LogP contribution < -0.4 is 10.2 Å². The normalized spacial score (nSPS) is 14.3. The van der Waals surface area contributed by atoms with Gasteiger partial charge in [-0.25, -0.2) is 4.90 Å². The van der Waals surface area contributed by atoms with Crippen molar-refractivity contribution in [2.75, 3.05) is 10.2 Å². The van der Waals surface area contributed by atoms with Crippen LogP contribution in [0.2, 0.25) is 5.02 Å². The monoisotopic (exact) mass is 456 g/mol. The average Bonchev–Trinajstić information content (AvgIpc) is 2.98. The van der Waals surface area contributed by atoms with Gasteiger partial charge >= 0.3 is 6.18 Å². The van der Waals surface area contributed by atoms with E-state index in [0.29, 0.717) is 16.3 Å². The maximum absolute atomic E-state index is 13.3. The summed E-state index contributed by atoms with van der Waals surface area (Å²) in [7, 11) is 0. The van der Waals surface area contributed by atoms with Crippen LogP contribution in [-0.2, 0) is 15.8 Å². The van der Waals surface area contributed by atoms with Gasteiger partial charge in [0.15, 0.2) is 0 Å². The zero-order valence-electron chi connectivity index (χ0n) is 16.7. The van der Waals surface area contributed by atoms with Crippen LogP contribution in [0.5, 0.6) is 0 Å². The number of hydrogen-bond donors (Lipinski definition) is 1. The van der Waals surface area contributed by atoms with Crippen molar-refractivity contribution in [2.24, 2.45) is 0 Å². The Hall–Kier alpha value is -3.58. The molecule has 0 bridgehead atoms. The second-order valence-electron chi connectivity index (χ2n) is 7.25. The number of amides is 2. The number of nitrogens with one attached hydrogen (secondary N) is 1. The Kier molecular flexibility index (Phi) is 5.52. The van der Waals surface area contributed by atoms with Gasteiger partial charge in [-0.2, -0.15) is 13.2 Å². The lowest BCUT2D eigenvalue weighted by Crippen LogP contribution is -2.32. The smallest absolute Gasteiger partial charge is 0.350 e. The first-order valence-corrected chi connectivity index (χ1v) is 9.93. The number of rotatable bonds is 4. The van der Waals surface area contributed by atoms with E-state index in [0.717, 1.165) is 22.6 Å². The number of anilines is 2. The molecule has 1 N–H and O–H groups in total. The molecule has 1 heterocycles. The molecule has 0 aliphatic carbocycles. The number of alkyl halides is 3. The highest BCUT2D eigenvalue weighted by atomic mass is 35.5. The fourth-order valence-electron chi connectivity index (χ4n) is 3.45. The average molecular weight is 457 g/mol. The van der Waals surface area contributed by atoms with E-state index in [9.17, 15) is 22.8 Å². The number of hydrogen-bond acceptors (Lipinski definition) is 3. The first-order chi connectivity index (χ1) is 15.1. The predicted molar refractivity (Wildman–Crippen MR) is 117 cm³/mol. The van der Waals surface area contributed by atoms with Gasteiger partial charge in [0.25, 0.3) is 11.8 Å². The molecular formula is C24H16ClF3N2O2. The number of imide groups is 1. The third kappa shape index (κ3) is 4.11. The van der Waals surface area contributed by atoms with E-state index in [-0.39, 0.29) is 17.0 Å². The highest BCUT2D eigenvalue weighted by Gasteiger charge is 2.40. The van der Waals surface area contributed by atoms with Crippen LogP contribution in [0, 0.1) is 6.92 Å². The molecule has 32 heavy (non-hydrogen) atoms. The summed E-state index contributed by atoms with van der Waals surface area (Å²) in [5.41, 5.74) is 0.723. The summed E-state index contributed by atoms with van der Waals surface area (Å²) in [6.45, 7) is 1.82. The van der Waals surface area contributed by atoms with Crippen molar-refractivity contribution in [1.82, 2.24) is 0 Å². The van der Waals surface area contributed by atoms with Crippen LogP contribution >= 0.6 is 11.6 Å². The molecule has 0 saturated carbocycles. The highest BCUT2D eigenvalue weighted by molar-refractivity contribution is 6.46. The minimum Gasteiger partial charge on any atom is -0.350 e. The Labute approximate surface area is 186 Å². The lowest BCUT2D eigenvalue weighted by molar-refractivity contribution is -0.137. The fourth-order valence-corrected chi connectivity index (χ4v) is 3.58. The van der Waals surface area contributed by atoms with Crippen LogP contribution in [0.4, 0.5) is 24.5 Å². The molecule has 162 valence electrons. The van der Waals surface area contributed by atoms with Crippen molar-refractivity contribution in [3.05, 3.63) is 100 Å². The molecular weight excluding hydrogens is 441 g/mol. The van der Waals surface area contributed by atoms with Gasteiger partial charge < -0.3 is 5.32 Å². The van der Waals surface area contributed by atoms with Gasteiger partial charge in [0.05, 0.1) is 16.8 Å². The third-order valence-electron chi connectivity index (χ3n) is 4.94. The number of nitrogens with zero attached hydrogens (tertiary/aromatic N) is 1. The number of carbonyl (C=O) groups is 2. The lowest BCUT2D eigenvalue weighted by Gasteiger charge is -2.16. The van der Waals surface area contributed by atoms with Crippen molar-refractivity contribution in [2.45, 2.75) is 13.1 Å². The standard InChI is InChI=1S/C24H16ClF3N2O2/c1-14-4-2-7-19(12-14)30-22(31)20(15-8-10-17(25)11-9-15)21(23(30)32)29-18-6-3-5-16(13-18)24(26,27)28/h2-13,29H,1H3. The molecule has 1 aliphatic rings. The van der Waals surface area contributed by atoms with E-state index in [4.69, 9.17) is 11.6 Å². The van der Waals surface area contributed by atoms with Gasteiger partial charge in [-0.05, 0) is 60.5 Å². The summed E-state index contributed by atoms with van der Waals surface area (Å²) >= 11 is 5.95. The van der Waals surface area contributed by atoms with Crippen molar-refractivity contribution < 1.29 is 22.8 Å². The van der Waals surface area contributed by atoms with Crippen molar-refractivity contribution in [3.8, 4) is 0 Å². The molecule has 4 rings (SSSR count). The van der Waals surface area contributed by atoms with E-state index in [1.807, 2.05) is 13.0 Å². The molecule has 3 aromatic carbocycles. The first-order valence-electron chi connectivity index (χ1n) is 9.55. The van der Waals surface area contributed by atoms with Gasteiger partial charge in [-0.3, -0.25) is 9.59 Å². The van der Waals surface area contributed by atoms with E-state index in [1.54, 1.807) is 42.5 Å². The molecule has 0 atom stereocenters. The van der Waals surface area contributed by atoms with Crippen LogP contribution in [0.15, 0.2) is 78.5 Å². The van der Waals surface area contributed by atoms with E-state index in [2.05, 4.69) is 5.32 Å². The quantitative estimate of drug-likeness (QED) is 0.485. The molecule has 4 nitrogen and oxygen atoms in total. The topological polar surface area (TPSA) is 49.4 Å². The largest absolute Gasteiger partial charge is 0.416 e. The first kappa shape index (κ1) is 21.6. The van der Waals surface area contributed by atoms with E-state index >= 15 is 0 Å². The molecule has 0 fully saturated rings. The Morgan fingerprint density at radius 1 is 0.875 bits per heavy atom. The molecule has 1 aliphatic heterocycles. The fraction of sp³-hybridized carbons (Fsp3) is 0.0833. The molecule has 3 aromatic rings. The van der Waals surface area contributed by atoms with Crippen LogP contribution in [0.1, 0.15) is 16.7 Å².